The summed E-state index contributed by atoms with van der Waals surface area (Å²) in [6, 6.07) is 11.6. The molecule has 1 aliphatic rings. The molecule has 0 saturated carbocycles. The number of nitrogens with zero attached hydrogens (tertiary/aromatic N) is 4. The Morgan fingerprint density at radius 1 is 1.06 bits per heavy atom. The molecule has 1 N–H and O–H groups in total. The van der Waals surface area contributed by atoms with E-state index in [9.17, 15) is 4.79 Å². The number of fused-ring (bicyclic) bond motifs is 1. The van der Waals surface area contributed by atoms with Crippen LogP contribution in [0, 0.1) is 0 Å². The number of likely N-dealkylation sites (N-methyl/N-ethyl adjacent to an activating group) is 1. The lowest BCUT2D eigenvalue weighted by atomic mass is 10.1. The summed E-state index contributed by atoms with van der Waals surface area (Å²) in [5.74, 6) is 0.929. The molecule has 6 nitrogen and oxygen atoms in total. The van der Waals surface area contributed by atoms with E-state index in [0.29, 0.717) is 16.6 Å². The summed E-state index contributed by atoms with van der Waals surface area (Å²) in [5.41, 5.74) is 3.66. The molecular weight excluding hydrogens is 433 g/mol. The molecule has 0 unspecified atom stereocenters. The number of piperazine rings is 1. The highest BCUT2D eigenvalue weighted by atomic mass is 35.5. The van der Waals surface area contributed by atoms with Crippen molar-refractivity contribution in [2.24, 2.45) is 0 Å². The SMILES string of the molecule is CCN(CC)CC(=O)N1CCN(c2ccc(Cl)c(-c3nc4ccc(Cl)cc4[nH]3)c2)CC1. The molecule has 0 radical (unpaired) electrons. The molecule has 2 heterocycles. The molecule has 4 rings (SSSR count). The smallest absolute Gasteiger partial charge is 0.236 e. The number of imidazole rings is 1. The third-order valence-electron chi connectivity index (χ3n) is 5.90. The van der Waals surface area contributed by atoms with Crippen LogP contribution in [0.25, 0.3) is 22.4 Å². The zero-order valence-electron chi connectivity index (χ0n) is 17.9. The van der Waals surface area contributed by atoms with Gasteiger partial charge in [-0.15, -0.1) is 0 Å². The van der Waals surface area contributed by atoms with E-state index < -0.39 is 0 Å². The van der Waals surface area contributed by atoms with Gasteiger partial charge in [-0.2, -0.15) is 0 Å². The van der Waals surface area contributed by atoms with Crippen molar-refractivity contribution in [2.45, 2.75) is 13.8 Å². The third-order valence-corrected chi connectivity index (χ3v) is 6.46. The van der Waals surface area contributed by atoms with E-state index in [1.807, 2.05) is 35.2 Å². The molecule has 31 heavy (non-hydrogen) atoms. The number of amides is 1. The highest BCUT2D eigenvalue weighted by molar-refractivity contribution is 6.33. The van der Waals surface area contributed by atoms with Crippen LogP contribution in [-0.2, 0) is 4.79 Å². The van der Waals surface area contributed by atoms with Crippen molar-refractivity contribution in [3.05, 3.63) is 46.4 Å². The average molecular weight is 460 g/mol. The average Bonchev–Trinajstić information content (AvgIpc) is 3.20. The Balaban J connectivity index is 1.48. The number of hydrogen-bond donors (Lipinski definition) is 1. The molecular formula is C23H27Cl2N5O. The molecule has 0 bridgehead atoms. The second-order valence-corrected chi connectivity index (χ2v) is 8.58. The van der Waals surface area contributed by atoms with Crippen LogP contribution in [-0.4, -0.2) is 71.5 Å². The molecule has 164 valence electrons. The second kappa shape index (κ2) is 9.47. The minimum atomic E-state index is 0.209. The minimum absolute atomic E-state index is 0.209. The zero-order chi connectivity index (χ0) is 22.0. The van der Waals surface area contributed by atoms with E-state index in [4.69, 9.17) is 23.2 Å². The first-order valence-corrected chi connectivity index (χ1v) is 11.4. The number of H-pyrrole nitrogens is 1. The summed E-state index contributed by atoms with van der Waals surface area (Å²) in [4.78, 5) is 27.0. The Bertz CT molecular complexity index is 1070. The molecule has 1 amide bonds. The van der Waals surface area contributed by atoms with E-state index in [1.165, 1.54) is 0 Å². The molecule has 1 saturated heterocycles. The Morgan fingerprint density at radius 2 is 1.81 bits per heavy atom. The topological polar surface area (TPSA) is 55.5 Å². The summed E-state index contributed by atoms with van der Waals surface area (Å²) < 4.78 is 0. The summed E-state index contributed by atoms with van der Waals surface area (Å²) in [7, 11) is 0. The van der Waals surface area contributed by atoms with Crippen LogP contribution in [0.1, 0.15) is 13.8 Å². The molecule has 3 aromatic rings. The van der Waals surface area contributed by atoms with Gasteiger partial charge in [0.05, 0.1) is 22.6 Å². The fourth-order valence-electron chi connectivity index (χ4n) is 3.95. The summed E-state index contributed by atoms with van der Waals surface area (Å²) in [6.07, 6.45) is 0. The van der Waals surface area contributed by atoms with E-state index in [-0.39, 0.29) is 5.91 Å². The van der Waals surface area contributed by atoms with Gasteiger partial charge in [0.2, 0.25) is 5.91 Å². The predicted octanol–water partition coefficient (Wildman–Crippen LogP) is 4.53. The van der Waals surface area contributed by atoms with E-state index in [1.54, 1.807) is 0 Å². The highest BCUT2D eigenvalue weighted by Gasteiger charge is 2.23. The van der Waals surface area contributed by atoms with Crippen LogP contribution >= 0.6 is 23.2 Å². The predicted molar refractivity (Wildman–Crippen MR) is 128 cm³/mol. The van der Waals surface area contributed by atoms with Crippen molar-refractivity contribution < 1.29 is 4.79 Å². The Morgan fingerprint density at radius 3 is 2.52 bits per heavy atom. The van der Waals surface area contributed by atoms with Gasteiger partial charge in [0, 0.05) is 42.5 Å². The van der Waals surface area contributed by atoms with Crippen molar-refractivity contribution in [3.63, 3.8) is 0 Å². The van der Waals surface area contributed by atoms with E-state index >= 15 is 0 Å². The largest absolute Gasteiger partial charge is 0.368 e. The first-order valence-electron chi connectivity index (χ1n) is 10.7. The van der Waals surface area contributed by atoms with Gasteiger partial charge in [-0.05, 0) is 49.5 Å². The number of hydrogen-bond acceptors (Lipinski definition) is 4. The molecule has 1 aromatic heterocycles. The van der Waals surface area contributed by atoms with Crippen molar-refractivity contribution >= 4 is 45.8 Å². The van der Waals surface area contributed by atoms with Gasteiger partial charge in [-0.3, -0.25) is 9.69 Å². The number of rotatable bonds is 6. The number of carbonyl (C=O) groups excluding carboxylic acids is 1. The van der Waals surface area contributed by atoms with Crippen molar-refractivity contribution in [1.29, 1.82) is 0 Å². The van der Waals surface area contributed by atoms with Gasteiger partial charge >= 0.3 is 0 Å². The monoisotopic (exact) mass is 459 g/mol. The Labute approximate surface area is 192 Å². The number of carbonyl (C=O) groups is 1. The standard InChI is InChI=1S/C23H27Cl2N5O/c1-3-28(4-2)15-22(31)30-11-9-29(10-12-30)17-6-7-19(25)18(14-17)23-26-20-8-5-16(24)13-21(20)27-23/h5-8,13-14H,3-4,9-12,15H2,1-2H3,(H,26,27). The van der Waals surface area contributed by atoms with Gasteiger partial charge in [-0.1, -0.05) is 37.0 Å². The van der Waals surface area contributed by atoms with Gasteiger partial charge in [0.15, 0.2) is 0 Å². The van der Waals surface area contributed by atoms with Crippen LogP contribution in [0.4, 0.5) is 5.69 Å². The van der Waals surface area contributed by atoms with Crippen LogP contribution in [0.5, 0.6) is 0 Å². The number of benzene rings is 2. The Kier molecular flexibility index (Phi) is 6.70. The van der Waals surface area contributed by atoms with Gasteiger partial charge in [0.25, 0.3) is 0 Å². The van der Waals surface area contributed by atoms with E-state index in [2.05, 4.69) is 39.7 Å². The first-order chi connectivity index (χ1) is 15.0. The molecule has 2 aromatic carbocycles. The molecule has 1 aliphatic heterocycles. The molecule has 8 heteroatoms. The van der Waals surface area contributed by atoms with Crippen LogP contribution in [0.2, 0.25) is 10.0 Å². The highest BCUT2D eigenvalue weighted by Crippen LogP contribution is 2.32. The van der Waals surface area contributed by atoms with Crippen LogP contribution < -0.4 is 4.90 Å². The number of nitrogens with one attached hydrogen (secondary N) is 1. The summed E-state index contributed by atoms with van der Waals surface area (Å²) in [5, 5.41) is 1.30. The second-order valence-electron chi connectivity index (χ2n) is 7.74. The summed E-state index contributed by atoms with van der Waals surface area (Å²) >= 11 is 12.6. The summed E-state index contributed by atoms with van der Waals surface area (Å²) in [6.45, 7) is 9.48. The van der Waals surface area contributed by atoms with Gasteiger partial charge < -0.3 is 14.8 Å². The molecule has 0 aliphatic carbocycles. The lowest BCUT2D eigenvalue weighted by Crippen LogP contribution is -2.51. The van der Waals surface area contributed by atoms with Crippen LogP contribution in [0.15, 0.2) is 36.4 Å². The van der Waals surface area contributed by atoms with Crippen molar-refractivity contribution in [3.8, 4) is 11.4 Å². The number of aromatic amines is 1. The van der Waals surface area contributed by atoms with Crippen LogP contribution in [0.3, 0.4) is 0 Å². The minimum Gasteiger partial charge on any atom is -0.368 e. The van der Waals surface area contributed by atoms with E-state index in [0.717, 1.165) is 67.4 Å². The number of anilines is 1. The van der Waals surface area contributed by atoms with Crippen molar-refractivity contribution in [2.75, 3.05) is 50.7 Å². The normalized spacial score (nSPS) is 14.6. The zero-order valence-corrected chi connectivity index (χ0v) is 19.4. The lowest BCUT2D eigenvalue weighted by molar-refractivity contribution is -0.132. The Hall–Kier alpha value is -2.28. The molecule has 0 atom stereocenters. The third kappa shape index (κ3) is 4.81. The van der Waals surface area contributed by atoms with Crippen molar-refractivity contribution in [1.82, 2.24) is 19.8 Å². The first kappa shape index (κ1) is 21.9. The fraction of sp³-hybridized carbons (Fsp3) is 0.391. The lowest BCUT2D eigenvalue weighted by Gasteiger charge is -2.37. The maximum absolute atomic E-state index is 12.6. The molecule has 1 fully saturated rings. The number of halogens is 2. The van der Waals surface area contributed by atoms with Gasteiger partial charge in [-0.25, -0.2) is 4.98 Å². The maximum atomic E-state index is 12.6. The van der Waals surface area contributed by atoms with Gasteiger partial charge in [0.1, 0.15) is 5.82 Å². The molecule has 0 spiro atoms. The maximum Gasteiger partial charge on any atom is 0.236 e. The quantitative estimate of drug-likeness (QED) is 0.588. The fourth-order valence-corrected chi connectivity index (χ4v) is 4.33. The number of aromatic nitrogens is 2.